The molecule has 0 saturated carbocycles. The Morgan fingerprint density at radius 1 is 1.15 bits per heavy atom. The first kappa shape index (κ1) is 12.9. The van der Waals surface area contributed by atoms with Crippen molar-refractivity contribution in [1.82, 2.24) is 10.1 Å². The second kappa shape index (κ2) is 5.09. The number of hydrogen-bond donors (Lipinski definition) is 1. The van der Waals surface area contributed by atoms with Gasteiger partial charge in [-0.2, -0.15) is 4.98 Å². The lowest BCUT2D eigenvalue weighted by Crippen LogP contribution is -1.84. The third-order valence-electron chi connectivity index (χ3n) is 2.96. The molecule has 20 heavy (non-hydrogen) atoms. The molecule has 3 rings (SSSR count). The molecular weight excluding hydrogens is 320 g/mol. The first-order chi connectivity index (χ1) is 9.63. The third kappa shape index (κ3) is 2.44. The molecule has 0 fully saturated rings. The number of aromatic nitrogens is 2. The highest BCUT2D eigenvalue weighted by atomic mass is 79.9. The molecule has 0 spiro atoms. The Labute approximate surface area is 124 Å². The molecule has 0 radical (unpaired) electrons. The van der Waals surface area contributed by atoms with Gasteiger partial charge in [-0.1, -0.05) is 39.3 Å². The van der Waals surface area contributed by atoms with Crippen LogP contribution in [0.1, 0.15) is 5.56 Å². The van der Waals surface area contributed by atoms with Gasteiger partial charge in [0, 0.05) is 15.6 Å². The van der Waals surface area contributed by atoms with Crippen LogP contribution in [-0.2, 0) is 0 Å². The normalized spacial score (nSPS) is 10.7. The molecular formula is C15H11BrN2O2. The minimum atomic E-state index is 0.174. The number of aryl methyl sites for hydroxylation is 1. The highest BCUT2D eigenvalue weighted by Crippen LogP contribution is 2.28. The summed E-state index contributed by atoms with van der Waals surface area (Å²) < 4.78 is 6.27. The van der Waals surface area contributed by atoms with E-state index in [9.17, 15) is 5.11 Å². The zero-order chi connectivity index (χ0) is 14.1. The number of rotatable bonds is 2. The molecule has 0 atom stereocenters. The number of halogens is 1. The smallest absolute Gasteiger partial charge is 0.258 e. The van der Waals surface area contributed by atoms with Crippen molar-refractivity contribution in [1.29, 1.82) is 0 Å². The lowest BCUT2D eigenvalue weighted by molar-refractivity contribution is 0.432. The van der Waals surface area contributed by atoms with Crippen LogP contribution in [0.25, 0.3) is 22.8 Å². The van der Waals surface area contributed by atoms with Crippen LogP contribution in [0.3, 0.4) is 0 Å². The Kier molecular flexibility index (Phi) is 3.28. The van der Waals surface area contributed by atoms with E-state index >= 15 is 0 Å². The van der Waals surface area contributed by atoms with Crippen molar-refractivity contribution in [2.75, 3.05) is 0 Å². The van der Waals surface area contributed by atoms with Gasteiger partial charge in [0.1, 0.15) is 5.75 Å². The van der Waals surface area contributed by atoms with Gasteiger partial charge in [0.2, 0.25) is 5.82 Å². The fourth-order valence-corrected chi connectivity index (χ4v) is 2.28. The van der Waals surface area contributed by atoms with E-state index in [0.29, 0.717) is 17.3 Å². The number of benzene rings is 2. The molecule has 0 aliphatic rings. The van der Waals surface area contributed by atoms with E-state index in [1.807, 2.05) is 31.2 Å². The third-order valence-corrected chi connectivity index (χ3v) is 3.45. The van der Waals surface area contributed by atoms with Crippen LogP contribution in [0, 0.1) is 6.92 Å². The zero-order valence-electron chi connectivity index (χ0n) is 10.7. The van der Waals surface area contributed by atoms with Crippen molar-refractivity contribution in [2.45, 2.75) is 6.92 Å². The second-order valence-electron chi connectivity index (χ2n) is 4.43. The molecule has 3 aromatic rings. The first-order valence-corrected chi connectivity index (χ1v) is 6.82. The predicted octanol–water partition coefficient (Wildman–Crippen LogP) is 4.18. The topological polar surface area (TPSA) is 59.2 Å². The summed E-state index contributed by atoms with van der Waals surface area (Å²) in [4.78, 5) is 4.38. The summed E-state index contributed by atoms with van der Waals surface area (Å²) in [6.07, 6.45) is 0. The summed E-state index contributed by atoms with van der Waals surface area (Å²) in [7, 11) is 0. The Hall–Kier alpha value is -2.14. The highest BCUT2D eigenvalue weighted by molar-refractivity contribution is 9.10. The van der Waals surface area contributed by atoms with Crippen LogP contribution in [0.2, 0.25) is 0 Å². The van der Waals surface area contributed by atoms with Crippen molar-refractivity contribution in [3.63, 3.8) is 0 Å². The van der Waals surface area contributed by atoms with Gasteiger partial charge in [-0.05, 0) is 36.8 Å². The van der Waals surface area contributed by atoms with Crippen molar-refractivity contribution >= 4 is 15.9 Å². The Bertz CT molecular complexity index is 768. The van der Waals surface area contributed by atoms with Gasteiger partial charge < -0.3 is 9.63 Å². The van der Waals surface area contributed by atoms with Crippen LogP contribution < -0.4 is 0 Å². The van der Waals surface area contributed by atoms with E-state index in [-0.39, 0.29) is 5.75 Å². The highest BCUT2D eigenvalue weighted by Gasteiger charge is 2.13. The molecule has 1 N–H and O–H groups in total. The second-order valence-corrected chi connectivity index (χ2v) is 5.35. The number of aromatic hydroxyl groups is 1. The molecule has 0 bridgehead atoms. The van der Waals surface area contributed by atoms with Crippen molar-refractivity contribution in [2.24, 2.45) is 0 Å². The molecule has 4 nitrogen and oxygen atoms in total. The van der Waals surface area contributed by atoms with Gasteiger partial charge in [-0.15, -0.1) is 0 Å². The van der Waals surface area contributed by atoms with Gasteiger partial charge in [0.15, 0.2) is 0 Å². The summed E-state index contributed by atoms with van der Waals surface area (Å²) in [5, 5.41) is 13.4. The number of nitrogens with zero attached hydrogens (tertiary/aromatic N) is 2. The Morgan fingerprint density at radius 2 is 2.00 bits per heavy atom. The molecule has 100 valence electrons. The van der Waals surface area contributed by atoms with Gasteiger partial charge >= 0.3 is 0 Å². The minimum Gasteiger partial charge on any atom is -0.508 e. The SMILES string of the molecule is Cc1ccc(Br)cc1-c1nc(-c2cccc(O)c2)no1. The maximum atomic E-state index is 9.49. The first-order valence-electron chi connectivity index (χ1n) is 6.03. The van der Waals surface area contributed by atoms with E-state index in [2.05, 4.69) is 26.1 Å². The lowest BCUT2D eigenvalue weighted by Gasteiger charge is -2.00. The molecule has 1 aromatic heterocycles. The average molecular weight is 331 g/mol. The van der Waals surface area contributed by atoms with Crippen LogP contribution in [0.15, 0.2) is 51.5 Å². The number of phenolic OH excluding ortho intramolecular Hbond substituents is 1. The maximum Gasteiger partial charge on any atom is 0.258 e. The molecule has 1 heterocycles. The Morgan fingerprint density at radius 3 is 2.80 bits per heavy atom. The van der Waals surface area contributed by atoms with Crippen molar-refractivity contribution in [3.05, 3.63) is 52.5 Å². The van der Waals surface area contributed by atoms with Gasteiger partial charge in [-0.25, -0.2) is 0 Å². The molecule has 5 heteroatoms. The van der Waals surface area contributed by atoms with E-state index in [4.69, 9.17) is 4.52 Å². The zero-order valence-corrected chi connectivity index (χ0v) is 12.3. The molecule has 2 aromatic carbocycles. The summed E-state index contributed by atoms with van der Waals surface area (Å²) in [5.41, 5.74) is 2.66. The van der Waals surface area contributed by atoms with Crippen molar-refractivity contribution in [3.8, 4) is 28.6 Å². The quantitative estimate of drug-likeness (QED) is 0.765. The van der Waals surface area contributed by atoms with E-state index in [1.165, 1.54) is 0 Å². The fourth-order valence-electron chi connectivity index (χ4n) is 1.92. The summed E-state index contributed by atoms with van der Waals surface area (Å²) in [5.74, 6) is 1.09. The Balaban J connectivity index is 2.04. The molecule has 0 unspecified atom stereocenters. The number of hydrogen-bond acceptors (Lipinski definition) is 4. The predicted molar refractivity (Wildman–Crippen MR) is 79.3 cm³/mol. The summed E-state index contributed by atoms with van der Waals surface area (Å²) in [6.45, 7) is 1.99. The molecule has 0 amide bonds. The largest absolute Gasteiger partial charge is 0.508 e. The van der Waals surface area contributed by atoms with Crippen LogP contribution in [0.5, 0.6) is 5.75 Å². The maximum absolute atomic E-state index is 9.49. The minimum absolute atomic E-state index is 0.174. The molecule has 0 aliphatic carbocycles. The molecule has 0 saturated heterocycles. The fraction of sp³-hybridized carbons (Fsp3) is 0.0667. The van der Waals surface area contributed by atoms with E-state index < -0.39 is 0 Å². The van der Waals surface area contributed by atoms with Gasteiger partial charge in [-0.3, -0.25) is 0 Å². The summed E-state index contributed by atoms with van der Waals surface area (Å²) >= 11 is 3.43. The van der Waals surface area contributed by atoms with Gasteiger partial charge in [0.25, 0.3) is 5.89 Å². The monoisotopic (exact) mass is 330 g/mol. The summed E-state index contributed by atoms with van der Waals surface area (Å²) in [6, 6.07) is 12.6. The standard InChI is InChI=1S/C15H11BrN2O2/c1-9-5-6-11(16)8-13(9)15-17-14(18-20-15)10-3-2-4-12(19)7-10/h2-8,19H,1H3. The van der Waals surface area contributed by atoms with Crippen LogP contribution in [0.4, 0.5) is 0 Å². The van der Waals surface area contributed by atoms with Crippen LogP contribution >= 0.6 is 15.9 Å². The molecule has 0 aliphatic heterocycles. The van der Waals surface area contributed by atoms with Gasteiger partial charge in [0.05, 0.1) is 0 Å². The lowest BCUT2D eigenvalue weighted by atomic mass is 10.1. The average Bonchev–Trinajstić information content (AvgIpc) is 2.91. The van der Waals surface area contributed by atoms with Crippen molar-refractivity contribution < 1.29 is 9.63 Å². The number of phenols is 1. The van der Waals surface area contributed by atoms with E-state index in [1.54, 1.807) is 18.2 Å². The van der Waals surface area contributed by atoms with E-state index in [0.717, 1.165) is 15.6 Å². The van der Waals surface area contributed by atoms with Crippen LogP contribution in [-0.4, -0.2) is 15.2 Å².